The van der Waals surface area contributed by atoms with Crippen LogP contribution in [-0.2, 0) is 9.59 Å². The molecule has 0 aromatic carbocycles. The summed E-state index contributed by atoms with van der Waals surface area (Å²) in [5.74, 6) is 1.28. The second-order valence-corrected chi connectivity index (χ2v) is 5.56. The molecule has 0 bridgehead atoms. The summed E-state index contributed by atoms with van der Waals surface area (Å²) >= 11 is 0. The first kappa shape index (κ1) is 21.9. The van der Waals surface area contributed by atoms with Crippen LogP contribution < -0.4 is 16.0 Å². The number of rotatable bonds is 6. The van der Waals surface area contributed by atoms with E-state index in [0.717, 1.165) is 38.3 Å². The standard InChI is InChI=1S/C15H29N5O2.HI/c1-4-7-18-14(22)11-19-15(17-3)20-8-5-12(6-9-20)10-13(21)16-2;/h12H,4-11H2,1-3H3,(H,16,21)(H,17,19)(H,18,22);1H. The Labute approximate surface area is 156 Å². The number of piperidine rings is 1. The first-order valence-corrected chi connectivity index (χ1v) is 8.03. The average molecular weight is 439 g/mol. The third-order valence-electron chi connectivity index (χ3n) is 3.86. The van der Waals surface area contributed by atoms with Crippen LogP contribution in [0.4, 0.5) is 0 Å². The highest BCUT2D eigenvalue weighted by atomic mass is 127. The van der Waals surface area contributed by atoms with Crippen molar-refractivity contribution in [2.45, 2.75) is 32.6 Å². The lowest BCUT2D eigenvalue weighted by Crippen LogP contribution is -2.48. The zero-order valence-electron chi connectivity index (χ0n) is 14.4. The fourth-order valence-electron chi connectivity index (χ4n) is 2.53. The van der Waals surface area contributed by atoms with Crippen molar-refractivity contribution in [2.75, 3.05) is 40.3 Å². The number of halogens is 1. The molecule has 1 saturated heterocycles. The van der Waals surface area contributed by atoms with Gasteiger partial charge in [0.2, 0.25) is 11.8 Å². The largest absolute Gasteiger partial charge is 0.359 e. The average Bonchev–Trinajstić information content (AvgIpc) is 2.54. The molecule has 1 rings (SSSR count). The van der Waals surface area contributed by atoms with Gasteiger partial charge >= 0.3 is 0 Å². The van der Waals surface area contributed by atoms with Crippen molar-refractivity contribution in [1.29, 1.82) is 0 Å². The summed E-state index contributed by atoms with van der Waals surface area (Å²) in [5, 5.41) is 8.60. The van der Waals surface area contributed by atoms with Crippen molar-refractivity contribution in [1.82, 2.24) is 20.9 Å². The minimum atomic E-state index is -0.0162. The molecule has 7 nitrogen and oxygen atoms in total. The van der Waals surface area contributed by atoms with Crippen molar-refractivity contribution in [3.05, 3.63) is 0 Å². The van der Waals surface area contributed by atoms with E-state index in [1.807, 2.05) is 6.92 Å². The highest BCUT2D eigenvalue weighted by Gasteiger charge is 2.23. The number of nitrogens with one attached hydrogen (secondary N) is 3. The Balaban J connectivity index is 0.00000484. The summed E-state index contributed by atoms with van der Waals surface area (Å²) in [6.45, 7) is 4.68. The third kappa shape index (κ3) is 8.38. The van der Waals surface area contributed by atoms with Crippen molar-refractivity contribution in [3.63, 3.8) is 0 Å². The van der Waals surface area contributed by atoms with Crippen molar-refractivity contribution in [3.8, 4) is 0 Å². The molecule has 0 unspecified atom stereocenters. The Bertz CT molecular complexity index is 395. The predicted octanol–water partition coefficient (Wildman–Crippen LogP) is 0.554. The minimum absolute atomic E-state index is 0. The quantitative estimate of drug-likeness (QED) is 0.321. The monoisotopic (exact) mass is 439 g/mol. The highest BCUT2D eigenvalue weighted by Crippen LogP contribution is 2.20. The van der Waals surface area contributed by atoms with Gasteiger partial charge in [0, 0.05) is 40.2 Å². The lowest BCUT2D eigenvalue weighted by atomic mass is 9.93. The number of hydrogen-bond donors (Lipinski definition) is 3. The maximum absolute atomic E-state index is 11.6. The molecule has 1 fully saturated rings. The molecule has 2 amide bonds. The SMILES string of the molecule is CCCNC(=O)CNC(=NC)N1CCC(CC(=O)NC)CC1.I. The normalized spacial score (nSPS) is 15.6. The van der Waals surface area contributed by atoms with Gasteiger partial charge in [-0.25, -0.2) is 0 Å². The smallest absolute Gasteiger partial charge is 0.239 e. The molecule has 1 aliphatic rings. The Kier molecular flexibility index (Phi) is 11.8. The van der Waals surface area contributed by atoms with E-state index in [9.17, 15) is 9.59 Å². The summed E-state index contributed by atoms with van der Waals surface area (Å²) in [4.78, 5) is 29.4. The number of guanidine groups is 1. The number of amides is 2. The highest BCUT2D eigenvalue weighted by molar-refractivity contribution is 14.0. The molecule has 0 aromatic rings. The lowest BCUT2D eigenvalue weighted by molar-refractivity contribution is -0.122. The molecule has 0 saturated carbocycles. The van der Waals surface area contributed by atoms with Gasteiger partial charge < -0.3 is 20.9 Å². The first-order chi connectivity index (χ1) is 10.6. The molecule has 0 spiro atoms. The molecule has 1 aliphatic heterocycles. The van der Waals surface area contributed by atoms with Crippen LogP contribution >= 0.6 is 24.0 Å². The van der Waals surface area contributed by atoms with Crippen LogP contribution in [0, 0.1) is 5.92 Å². The number of nitrogens with zero attached hydrogens (tertiary/aromatic N) is 2. The summed E-state index contributed by atoms with van der Waals surface area (Å²) in [7, 11) is 3.40. The van der Waals surface area contributed by atoms with Gasteiger partial charge in [0.25, 0.3) is 0 Å². The number of aliphatic imine (C=N–C) groups is 1. The van der Waals surface area contributed by atoms with Gasteiger partial charge in [0.1, 0.15) is 0 Å². The van der Waals surface area contributed by atoms with Crippen LogP contribution in [0.15, 0.2) is 4.99 Å². The van der Waals surface area contributed by atoms with Crippen LogP contribution in [0.5, 0.6) is 0 Å². The van der Waals surface area contributed by atoms with E-state index >= 15 is 0 Å². The summed E-state index contributed by atoms with van der Waals surface area (Å²) in [5.41, 5.74) is 0. The molecule has 0 aromatic heterocycles. The van der Waals surface area contributed by atoms with Gasteiger partial charge in [0.05, 0.1) is 6.54 Å². The molecule has 0 atom stereocenters. The van der Waals surface area contributed by atoms with Crippen LogP contribution in [-0.4, -0.2) is 62.9 Å². The fourth-order valence-corrected chi connectivity index (χ4v) is 2.53. The molecule has 1 heterocycles. The van der Waals surface area contributed by atoms with E-state index in [1.54, 1.807) is 14.1 Å². The van der Waals surface area contributed by atoms with Gasteiger partial charge in [-0.05, 0) is 25.2 Å². The van der Waals surface area contributed by atoms with E-state index in [0.29, 0.717) is 18.9 Å². The number of carbonyl (C=O) groups excluding carboxylic acids is 2. The predicted molar refractivity (Wildman–Crippen MR) is 103 cm³/mol. The molecule has 0 aliphatic carbocycles. The molecule has 0 radical (unpaired) electrons. The van der Waals surface area contributed by atoms with E-state index in [2.05, 4.69) is 25.8 Å². The molecule has 8 heteroatoms. The number of hydrogen-bond acceptors (Lipinski definition) is 3. The third-order valence-corrected chi connectivity index (χ3v) is 3.86. The maximum atomic E-state index is 11.6. The summed E-state index contributed by atoms with van der Waals surface area (Å²) < 4.78 is 0. The topological polar surface area (TPSA) is 85.8 Å². The lowest BCUT2D eigenvalue weighted by Gasteiger charge is -2.33. The molecule has 3 N–H and O–H groups in total. The van der Waals surface area contributed by atoms with E-state index < -0.39 is 0 Å². The maximum Gasteiger partial charge on any atom is 0.239 e. The Morgan fingerprint density at radius 1 is 1.17 bits per heavy atom. The Morgan fingerprint density at radius 2 is 1.83 bits per heavy atom. The zero-order chi connectivity index (χ0) is 16.4. The van der Waals surface area contributed by atoms with Crippen molar-refractivity contribution >= 4 is 41.8 Å². The van der Waals surface area contributed by atoms with Gasteiger partial charge in [-0.2, -0.15) is 0 Å². The Morgan fingerprint density at radius 3 is 2.35 bits per heavy atom. The van der Waals surface area contributed by atoms with Crippen molar-refractivity contribution < 1.29 is 9.59 Å². The van der Waals surface area contributed by atoms with Gasteiger partial charge in [-0.1, -0.05) is 6.92 Å². The van der Waals surface area contributed by atoms with Gasteiger partial charge in [0.15, 0.2) is 5.96 Å². The minimum Gasteiger partial charge on any atom is -0.359 e. The summed E-state index contributed by atoms with van der Waals surface area (Å²) in [6, 6.07) is 0. The van der Waals surface area contributed by atoms with E-state index in [1.165, 1.54) is 0 Å². The molecular formula is C15H30IN5O2. The van der Waals surface area contributed by atoms with Crippen LogP contribution in [0.3, 0.4) is 0 Å². The van der Waals surface area contributed by atoms with Crippen LogP contribution in [0.1, 0.15) is 32.6 Å². The Hall–Kier alpha value is -1.06. The van der Waals surface area contributed by atoms with Crippen molar-refractivity contribution in [2.24, 2.45) is 10.9 Å². The molecule has 134 valence electrons. The van der Waals surface area contributed by atoms with Gasteiger partial charge in [-0.3, -0.25) is 14.6 Å². The van der Waals surface area contributed by atoms with Crippen LogP contribution in [0.25, 0.3) is 0 Å². The molecular weight excluding hydrogens is 409 g/mol. The zero-order valence-corrected chi connectivity index (χ0v) is 16.7. The number of likely N-dealkylation sites (tertiary alicyclic amines) is 1. The number of carbonyl (C=O) groups is 2. The van der Waals surface area contributed by atoms with Crippen LogP contribution in [0.2, 0.25) is 0 Å². The first-order valence-electron chi connectivity index (χ1n) is 8.03. The second kappa shape index (κ2) is 12.4. The molecule has 23 heavy (non-hydrogen) atoms. The van der Waals surface area contributed by atoms with E-state index in [4.69, 9.17) is 0 Å². The van der Waals surface area contributed by atoms with E-state index in [-0.39, 0.29) is 42.3 Å². The fraction of sp³-hybridized carbons (Fsp3) is 0.800. The van der Waals surface area contributed by atoms with Gasteiger partial charge in [-0.15, -0.1) is 24.0 Å². The summed E-state index contributed by atoms with van der Waals surface area (Å²) in [6.07, 6.45) is 3.46. The second-order valence-electron chi connectivity index (χ2n) is 5.56.